The van der Waals surface area contributed by atoms with Gasteiger partial charge in [-0.2, -0.15) is 0 Å². The lowest BCUT2D eigenvalue weighted by atomic mass is 10.1. The molecule has 0 saturated heterocycles. The van der Waals surface area contributed by atoms with E-state index in [1.54, 1.807) is 12.1 Å². The van der Waals surface area contributed by atoms with Crippen molar-refractivity contribution in [1.82, 2.24) is 0 Å². The highest BCUT2D eigenvalue weighted by Gasteiger charge is 2.04. The van der Waals surface area contributed by atoms with Crippen LogP contribution in [0.15, 0.2) is 18.2 Å². The molecule has 0 spiro atoms. The van der Waals surface area contributed by atoms with Crippen LogP contribution in [0.25, 0.3) is 0 Å². The second-order valence-electron chi connectivity index (χ2n) is 3.70. The molecule has 92 valence electrons. The fourth-order valence-electron chi connectivity index (χ4n) is 1.38. The first-order valence-electron chi connectivity index (χ1n) is 5.27. The average Bonchev–Trinajstić information content (AvgIpc) is 2.22. The molecular weight excluding hydrogens is 284 g/mol. The maximum Gasteiger partial charge on any atom is 0.225 e. The second kappa shape index (κ2) is 6.39. The number of nitrogens with one attached hydrogen (secondary N) is 2. The Morgan fingerprint density at radius 3 is 2.53 bits per heavy atom. The zero-order valence-electron chi connectivity index (χ0n) is 9.84. The maximum atomic E-state index is 11.4. The number of amides is 2. The Labute approximate surface area is 109 Å². The average molecular weight is 299 g/mol. The number of aryl methyl sites for hydroxylation is 1. The Morgan fingerprint density at radius 2 is 2.00 bits per heavy atom. The summed E-state index contributed by atoms with van der Waals surface area (Å²) in [7, 11) is 0. The van der Waals surface area contributed by atoms with Gasteiger partial charge in [-0.3, -0.25) is 9.59 Å². The molecule has 5 heteroatoms. The van der Waals surface area contributed by atoms with Crippen molar-refractivity contribution >= 4 is 39.1 Å². The predicted molar refractivity (Wildman–Crippen MR) is 72.5 cm³/mol. The lowest BCUT2D eigenvalue weighted by Crippen LogP contribution is -2.12. The third-order valence-corrected chi connectivity index (χ3v) is 2.54. The van der Waals surface area contributed by atoms with Gasteiger partial charge in [0.05, 0.1) is 0 Å². The molecular formula is C12H15BrN2O2. The van der Waals surface area contributed by atoms with Crippen LogP contribution < -0.4 is 10.6 Å². The normalized spacial score (nSPS) is 9.82. The van der Waals surface area contributed by atoms with Crippen LogP contribution in [0.3, 0.4) is 0 Å². The molecule has 4 nitrogen and oxygen atoms in total. The van der Waals surface area contributed by atoms with E-state index in [2.05, 4.69) is 26.6 Å². The molecule has 1 rings (SSSR count). The molecule has 0 fully saturated rings. The molecule has 0 bridgehead atoms. The van der Waals surface area contributed by atoms with E-state index in [0.29, 0.717) is 11.8 Å². The van der Waals surface area contributed by atoms with Gasteiger partial charge < -0.3 is 10.6 Å². The Kier molecular flexibility index (Phi) is 5.15. The molecule has 0 saturated carbocycles. The number of rotatable bonds is 4. The standard InChI is InChI=1S/C12H15BrN2O2/c1-8-7-10(15-12(17)5-6-13)3-4-11(8)14-9(2)16/h3-4,7H,5-6H2,1-2H3,(H,14,16)(H,15,17). The van der Waals surface area contributed by atoms with Crippen LogP contribution >= 0.6 is 15.9 Å². The SMILES string of the molecule is CC(=O)Nc1ccc(NC(=O)CCBr)cc1C. The van der Waals surface area contributed by atoms with E-state index in [9.17, 15) is 9.59 Å². The summed E-state index contributed by atoms with van der Waals surface area (Å²) in [6.45, 7) is 3.34. The van der Waals surface area contributed by atoms with Crippen molar-refractivity contribution in [1.29, 1.82) is 0 Å². The summed E-state index contributed by atoms with van der Waals surface area (Å²) in [5.41, 5.74) is 2.41. The Balaban J connectivity index is 2.74. The lowest BCUT2D eigenvalue weighted by molar-refractivity contribution is -0.116. The zero-order chi connectivity index (χ0) is 12.8. The van der Waals surface area contributed by atoms with E-state index in [1.807, 2.05) is 13.0 Å². The summed E-state index contributed by atoms with van der Waals surface area (Å²) >= 11 is 3.21. The van der Waals surface area contributed by atoms with Gasteiger partial charge in [0.2, 0.25) is 11.8 Å². The first-order chi connectivity index (χ1) is 8.02. The van der Waals surface area contributed by atoms with Crippen LogP contribution in [0, 0.1) is 6.92 Å². The number of hydrogen-bond acceptors (Lipinski definition) is 2. The molecule has 0 heterocycles. The first kappa shape index (κ1) is 13.7. The quantitative estimate of drug-likeness (QED) is 0.840. The Bertz CT molecular complexity index is 433. The Morgan fingerprint density at radius 1 is 1.29 bits per heavy atom. The van der Waals surface area contributed by atoms with E-state index in [-0.39, 0.29) is 11.8 Å². The molecule has 0 atom stereocenters. The molecule has 0 aromatic heterocycles. The van der Waals surface area contributed by atoms with Crippen LogP contribution in [0.2, 0.25) is 0 Å². The molecule has 17 heavy (non-hydrogen) atoms. The molecule has 1 aromatic carbocycles. The van der Waals surface area contributed by atoms with Gasteiger partial charge in [0.1, 0.15) is 0 Å². The smallest absolute Gasteiger partial charge is 0.225 e. The van der Waals surface area contributed by atoms with E-state index in [1.165, 1.54) is 6.92 Å². The van der Waals surface area contributed by atoms with Gasteiger partial charge in [-0.1, -0.05) is 15.9 Å². The highest BCUT2D eigenvalue weighted by molar-refractivity contribution is 9.09. The van der Waals surface area contributed by atoms with Crippen LogP contribution in [0.1, 0.15) is 18.9 Å². The largest absolute Gasteiger partial charge is 0.326 e. The monoisotopic (exact) mass is 298 g/mol. The van der Waals surface area contributed by atoms with Gasteiger partial charge >= 0.3 is 0 Å². The van der Waals surface area contributed by atoms with Crippen LogP contribution in [0.5, 0.6) is 0 Å². The summed E-state index contributed by atoms with van der Waals surface area (Å²) in [5.74, 6) is -0.141. The number of alkyl halides is 1. The minimum absolute atomic E-state index is 0.0337. The topological polar surface area (TPSA) is 58.2 Å². The maximum absolute atomic E-state index is 11.4. The molecule has 0 aliphatic heterocycles. The number of hydrogen-bond donors (Lipinski definition) is 2. The van der Waals surface area contributed by atoms with Crippen molar-refractivity contribution in [3.8, 4) is 0 Å². The van der Waals surface area contributed by atoms with E-state index >= 15 is 0 Å². The summed E-state index contributed by atoms with van der Waals surface area (Å²) < 4.78 is 0. The first-order valence-corrected chi connectivity index (χ1v) is 6.39. The minimum Gasteiger partial charge on any atom is -0.326 e. The van der Waals surface area contributed by atoms with Crippen molar-refractivity contribution in [2.45, 2.75) is 20.3 Å². The van der Waals surface area contributed by atoms with Gasteiger partial charge in [0, 0.05) is 30.0 Å². The minimum atomic E-state index is -0.107. The number of carbonyl (C=O) groups is 2. The van der Waals surface area contributed by atoms with Crippen molar-refractivity contribution in [2.24, 2.45) is 0 Å². The van der Waals surface area contributed by atoms with E-state index < -0.39 is 0 Å². The third-order valence-electron chi connectivity index (χ3n) is 2.14. The zero-order valence-corrected chi connectivity index (χ0v) is 11.4. The molecule has 0 radical (unpaired) electrons. The van der Waals surface area contributed by atoms with E-state index in [4.69, 9.17) is 0 Å². The fourth-order valence-corrected chi connectivity index (χ4v) is 1.74. The number of halogens is 1. The van der Waals surface area contributed by atoms with Crippen LogP contribution in [-0.4, -0.2) is 17.1 Å². The fraction of sp³-hybridized carbons (Fsp3) is 0.333. The van der Waals surface area contributed by atoms with Gasteiger partial charge in [0.15, 0.2) is 0 Å². The Hall–Kier alpha value is -1.36. The molecule has 0 aliphatic rings. The van der Waals surface area contributed by atoms with Crippen LogP contribution in [0.4, 0.5) is 11.4 Å². The molecule has 0 aliphatic carbocycles. The summed E-state index contributed by atoms with van der Waals surface area (Å²) in [4.78, 5) is 22.3. The van der Waals surface area contributed by atoms with Crippen molar-refractivity contribution in [3.05, 3.63) is 23.8 Å². The van der Waals surface area contributed by atoms with Gasteiger partial charge in [-0.25, -0.2) is 0 Å². The molecule has 2 amide bonds. The van der Waals surface area contributed by atoms with Crippen molar-refractivity contribution < 1.29 is 9.59 Å². The number of benzene rings is 1. The van der Waals surface area contributed by atoms with Gasteiger partial charge in [-0.15, -0.1) is 0 Å². The molecule has 2 N–H and O–H groups in total. The number of anilines is 2. The summed E-state index contributed by atoms with van der Waals surface area (Å²) in [6.07, 6.45) is 0.437. The lowest BCUT2D eigenvalue weighted by Gasteiger charge is -2.09. The van der Waals surface area contributed by atoms with Crippen molar-refractivity contribution in [2.75, 3.05) is 16.0 Å². The third kappa shape index (κ3) is 4.56. The van der Waals surface area contributed by atoms with E-state index in [0.717, 1.165) is 16.9 Å². The predicted octanol–water partition coefficient (Wildman–Crippen LogP) is 2.68. The number of carbonyl (C=O) groups excluding carboxylic acids is 2. The molecule has 0 unspecified atom stereocenters. The summed E-state index contributed by atoms with van der Waals surface area (Å²) in [6, 6.07) is 5.38. The highest BCUT2D eigenvalue weighted by atomic mass is 79.9. The summed E-state index contributed by atoms with van der Waals surface area (Å²) in [5, 5.41) is 6.14. The van der Waals surface area contributed by atoms with Gasteiger partial charge in [0.25, 0.3) is 0 Å². The van der Waals surface area contributed by atoms with Crippen molar-refractivity contribution in [3.63, 3.8) is 0 Å². The molecule has 1 aromatic rings. The van der Waals surface area contributed by atoms with Gasteiger partial charge in [-0.05, 0) is 30.7 Å². The highest BCUT2D eigenvalue weighted by Crippen LogP contribution is 2.19. The second-order valence-corrected chi connectivity index (χ2v) is 4.49. The van der Waals surface area contributed by atoms with Crippen LogP contribution in [-0.2, 0) is 9.59 Å².